The molecule has 0 spiro atoms. The molecule has 0 aliphatic carbocycles. The number of aryl methyl sites for hydroxylation is 2. The molecule has 21 heavy (non-hydrogen) atoms. The number of rotatable bonds is 2. The van der Waals surface area contributed by atoms with Gasteiger partial charge in [0.15, 0.2) is 0 Å². The van der Waals surface area contributed by atoms with Crippen molar-refractivity contribution < 1.29 is 0 Å². The SMILES string of the molecule is Cc1ccc(/C=C\c2nc3ccccc3n(C)c2=S)cc1. The molecule has 0 aliphatic heterocycles. The molecule has 0 saturated carbocycles. The quantitative estimate of drug-likeness (QED) is 0.632. The minimum absolute atomic E-state index is 0.747. The van der Waals surface area contributed by atoms with Gasteiger partial charge in [-0.15, -0.1) is 0 Å². The number of para-hydroxylation sites is 2. The molecule has 3 aromatic rings. The fourth-order valence-electron chi connectivity index (χ4n) is 2.26. The molecular formula is C18H16N2S. The highest BCUT2D eigenvalue weighted by atomic mass is 32.1. The van der Waals surface area contributed by atoms with Crippen molar-refractivity contribution >= 4 is 35.4 Å². The van der Waals surface area contributed by atoms with E-state index in [0.717, 1.165) is 26.9 Å². The van der Waals surface area contributed by atoms with Crippen LogP contribution in [0.2, 0.25) is 0 Å². The van der Waals surface area contributed by atoms with E-state index in [4.69, 9.17) is 12.2 Å². The third-order valence-corrected chi connectivity index (χ3v) is 4.00. The van der Waals surface area contributed by atoms with Crippen molar-refractivity contribution in [3.63, 3.8) is 0 Å². The molecule has 0 amide bonds. The molecule has 0 fully saturated rings. The summed E-state index contributed by atoms with van der Waals surface area (Å²) < 4.78 is 2.75. The van der Waals surface area contributed by atoms with E-state index < -0.39 is 0 Å². The van der Waals surface area contributed by atoms with Gasteiger partial charge in [0.2, 0.25) is 0 Å². The summed E-state index contributed by atoms with van der Waals surface area (Å²) >= 11 is 5.51. The molecule has 0 radical (unpaired) electrons. The number of nitrogens with zero attached hydrogens (tertiary/aromatic N) is 2. The van der Waals surface area contributed by atoms with Gasteiger partial charge in [0, 0.05) is 7.05 Å². The van der Waals surface area contributed by atoms with Gasteiger partial charge in [0.25, 0.3) is 0 Å². The van der Waals surface area contributed by atoms with Crippen molar-refractivity contribution in [1.29, 1.82) is 0 Å². The summed E-state index contributed by atoms with van der Waals surface area (Å²) in [4.78, 5) is 4.66. The fourth-order valence-corrected chi connectivity index (χ4v) is 2.47. The Kier molecular flexibility index (Phi) is 3.67. The van der Waals surface area contributed by atoms with Gasteiger partial charge in [-0.3, -0.25) is 0 Å². The van der Waals surface area contributed by atoms with Crippen LogP contribution in [0.15, 0.2) is 48.5 Å². The molecule has 0 N–H and O–H groups in total. The number of aromatic nitrogens is 2. The lowest BCUT2D eigenvalue weighted by Crippen LogP contribution is -1.99. The highest BCUT2D eigenvalue weighted by molar-refractivity contribution is 7.71. The van der Waals surface area contributed by atoms with E-state index in [1.54, 1.807) is 0 Å². The second-order valence-electron chi connectivity index (χ2n) is 5.09. The average Bonchev–Trinajstić information content (AvgIpc) is 2.51. The number of fused-ring (bicyclic) bond motifs is 1. The Labute approximate surface area is 129 Å². The van der Waals surface area contributed by atoms with Crippen LogP contribution < -0.4 is 0 Å². The smallest absolute Gasteiger partial charge is 0.132 e. The van der Waals surface area contributed by atoms with Crippen LogP contribution in [0.3, 0.4) is 0 Å². The third-order valence-electron chi connectivity index (χ3n) is 3.52. The number of benzene rings is 2. The summed E-state index contributed by atoms with van der Waals surface area (Å²) in [5, 5.41) is 0. The Bertz CT molecular complexity index is 874. The van der Waals surface area contributed by atoms with Crippen LogP contribution in [0, 0.1) is 11.6 Å². The molecule has 3 rings (SSSR count). The molecule has 3 heteroatoms. The van der Waals surface area contributed by atoms with E-state index in [2.05, 4.69) is 36.2 Å². The van der Waals surface area contributed by atoms with Gasteiger partial charge in [0.05, 0.1) is 16.7 Å². The lowest BCUT2D eigenvalue weighted by atomic mass is 10.1. The molecule has 0 bridgehead atoms. The van der Waals surface area contributed by atoms with E-state index in [9.17, 15) is 0 Å². The topological polar surface area (TPSA) is 17.8 Å². The molecule has 0 unspecified atom stereocenters. The van der Waals surface area contributed by atoms with Crippen LogP contribution in [0.1, 0.15) is 16.8 Å². The van der Waals surface area contributed by atoms with Gasteiger partial charge in [0.1, 0.15) is 4.64 Å². The van der Waals surface area contributed by atoms with Crippen molar-refractivity contribution in [1.82, 2.24) is 9.55 Å². The Morgan fingerprint density at radius 1 is 1.00 bits per heavy atom. The van der Waals surface area contributed by atoms with Gasteiger partial charge in [-0.05, 0) is 30.7 Å². The van der Waals surface area contributed by atoms with Gasteiger partial charge in [-0.1, -0.05) is 60.3 Å². The maximum atomic E-state index is 5.51. The van der Waals surface area contributed by atoms with Crippen LogP contribution in [0.5, 0.6) is 0 Å². The van der Waals surface area contributed by atoms with Gasteiger partial charge in [-0.2, -0.15) is 0 Å². The zero-order chi connectivity index (χ0) is 14.8. The summed E-state index contributed by atoms with van der Waals surface area (Å²) in [5.74, 6) is 0. The normalized spacial score (nSPS) is 11.3. The second kappa shape index (κ2) is 5.62. The van der Waals surface area contributed by atoms with E-state index in [1.807, 2.05) is 48.0 Å². The van der Waals surface area contributed by atoms with Crippen LogP contribution in [-0.4, -0.2) is 9.55 Å². The monoisotopic (exact) mass is 292 g/mol. The van der Waals surface area contributed by atoms with Crippen molar-refractivity contribution in [3.05, 3.63) is 70.0 Å². The molecule has 0 saturated heterocycles. The number of hydrogen-bond donors (Lipinski definition) is 0. The molecular weight excluding hydrogens is 276 g/mol. The lowest BCUT2D eigenvalue weighted by molar-refractivity contribution is 0.917. The van der Waals surface area contributed by atoms with Gasteiger partial charge in [-0.25, -0.2) is 4.98 Å². The molecule has 2 nitrogen and oxygen atoms in total. The Morgan fingerprint density at radius 3 is 2.48 bits per heavy atom. The largest absolute Gasteiger partial charge is 0.332 e. The molecule has 1 heterocycles. The van der Waals surface area contributed by atoms with E-state index in [1.165, 1.54) is 5.56 Å². The van der Waals surface area contributed by atoms with Crippen molar-refractivity contribution in [2.75, 3.05) is 0 Å². The highest BCUT2D eigenvalue weighted by Gasteiger charge is 2.02. The van der Waals surface area contributed by atoms with Crippen LogP contribution in [-0.2, 0) is 7.05 Å². The zero-order valence-electron chi connectivity index (χ0n) is 12.1. The number of hydrogen-bond acceptors (Lipinski definition) is 2. The first-order chi connectivity index (χ1) is 10.1. The molecule has 0 aliphatic rings. The summed E-state index contributed by atoms with van der Waals surface area (Å²) in [5.41, 5.74) is 5.23. The molecule has 104 valence electrons. The van der Waals surface area contributed by atoms with E-state index in [0.29, 0.717) is 0 Å². The summed E-state index contributed by atoms with van der Waals surface area (Å²) in [6, 6.07) is 16.4. The summed E-state index contributed by atoms with van der Waals surface area (Å²) in [6.45, 7) is 2.08. The van der Waals surface area contributed by atoms with Crippen molar-refractivity contribution in [3.8, 4) is 0 Å². The van der Waals surface area contributed by atoms with Crippen molar-refractivity contribution in [2.45, 2.75) is 6.92 Å². The molecule has 0 atom stereocenters. The van der Waals surface area contributed by atoms with E-state index in [-0.39, 0.29) is 0 Å². The first kappa shape index (κ1) is 13.7. The van der Waals surface area contributed by atoms with Crippen molar-refractivity contribution in [2.24, 2.45) is 7.05 Å². The summed E-state index contributed by atoms with van der Waals surface area (Å²) in [6.07, 6.45) is 4.03. The summed E-state index contributed by atoms with van der Waals surface area (Å²) in [7, 11) is 1.98. The van der Waals surface area contributed by atoms with E-state index >= 15 is 0 Å². The molecule has 1 aromatic heterocycles. The maximum Gasteiger partial charge on any atom is 0.132 e. The minimum Gasteiger partial charge on any atom is -0.332 e. The third kappa shape index (κ3) is 2.78. The lowest BCUT2D eigenvalue weighted by Gasteiger charge is -2.07. The Hall–Kier alpha value is -2.26. The minimum atomic E-state index is 0.747. The Morgan fingerprint density at radius 2 is 1.71 bits per heavy atom. The average molecular weight is 292 g/mol. The maximum absolute atomic E-state index is 5.51. The second-order valence-corrected chi connectivity index (χ2v) is 5.48. The molecule has 2 aromatic carbocycles. The zero-order valence-corrected chi connectivity index (χ0v) is 12.9. The van der Waals surface area contributed by atoms with Crippen LogP contribution in [0.4, 0.5) is 0 Å². The van der Waals surface area contributed by atoms with Gasteiger partial charge < -0.3 is 4.57 Å². The van der Waals surface area contributed by atoms with Crippen LogP contribution in [0.25, 0.3) is 23.2 Å². The first-order valence-corrected chi connectivity index (χ1v) is 7.26. The van der Waals surface area contributed by atoms with Crippen LogP contribution >= 0.6 is 12.2 Å². The van der Waals surface area contributed by atoms with Gasteiger partial charge >= 0.3 is 0 Å². The predicted molar refractivity (Wildman–Crippen MR) is 91.7 cm³/mol. The fraction of sp³-hybridized carbons (Fsp3) is 0.111. The standard InChI is InChI=1S/C18H16N2S/c1-13-7-9-14(10-8-13)11-12-16-18(21)20(2)17-6-4-3-5-15(17)19-16/h3-12H,1-2H3/b12-11-. The predicted octanol–water partition coefficient (Wildman–Crippen LogP) is 4.78. The Balaban J connectivity index is 2.06. The first-order valence-electron chi connectivity index (χ1n) is 6.86. The highest BCUT2D eigenvalue weighted by Crippen LogP contribution is 2.15.